The predicted octanol–water partition coefficient (Wildman–Crippen LogP) is 14.5. The van der Waals surface area contributed by atoms with Crippen LogP contribution in [0.1, 0.15) is 258 Å². The van der Waals surface area contributed by atoms with Crippen LogP contribution in [0, 0.1) is 0 Å². The molecule has 0 fully saturated rings. The largest absolute Gasteiger partial charge is 0.462 e. The van der Waals surface area contributed by atoms with Gasteiger partial charge in [-0.15, -0.1) is 0 Å². The summed E-state index contributed by atoms with van der Waals surface area (Å²) in [7, 11) is 0. The Hall–Kier alpha value is -1.59. The van der Waals surface area contributed by atoms with Gasteiger partial charge in [-0.25, -0.2) is 0 Å². The lowest BCUT2D eigenvalue weighted by Gasteiger charge is -2.18. The highest BCUT2D eigenvalue weighted by Gasteiger charge is 2.19. The third-order valence-corrected chi connectivity index (χ3v) is 10.4. The molecule has 0 aromatic carbocycles. The van der Waals surface area contributed by atoms with E-state index in [9.17, 15) is 14.4 Å². The van der Waals surface area contributed by atoms with E-state index in [2.05, 4.69) is 20.8 Å². The first-order valence-electron chi connectivity index (χ1n) is 23.0. The van der Waals surface area contributed by atoms with Crippen LogP contribution in [0.25, 0.3) is 0 Å². The number of carbonyl (C=O) groups excluding carboxylic acids is 3. The zero-order chi connectivity index (χ0) is 38.0. The molecule has 0 unspecified atom stereocenters. The number of ether oxygens (including phenoxy) is 3. The van der Waals surface area contributed by atoms with Crippen LogP contribution in [-0.2, 0) is 28.6 Å². The summed E-state index contributed by atoms with van der Waals surface area (Å²) in [6.07, 6.45) is 42.3. The molecule has 52 heavy (non-hydrogen) atoms. The zero-order valence-corrected chi connectivity index (χ0v) is 35.1. The molecule has 0 amide bonds. The average molecular weight is 737 g/mol. The van der Waals surface area contributed by atoms with E-state index in [1.165, 1.54) is 161 Å². The fourth-order valence-corrected chi connectivity index (χ4v) is 6.85. The summed E-state index contributed by atoms with van der Waals surface area (Å²) in [6, 6.07) is 0. The fourth-order valence-electron chi connectivity index (χ4n) is 6.85. The molecule has 308 valence electrons. The summed E-state index contributed by atoms with van der Waals surface area (Å²) < 4.78 is 16.7. The fraction of sp³-hybridized carbons (Fsp3) is 0.935. The van der Waals surface area contributed by atoms with Crippen LogP contribution >= 0.6 is 0 Å². The normalized spacial score (nSPS) is 11.8. The van der Waals surface area contributed by atoms with Gasteiger partial charge in [0.05, 0.1) is 0 Å². The van der Waals surface area contributed by atoms with Crippen molar-refractivity contribution in [3.63, 3.8) is 0 Å². The van der Waals surface area contributed by atoms with Gasteiger partial charge >= 0.3 is 17.9 Å². The highest BCUT2D eigenvalue weighted by Crippen LogP contribution is 2.16. The first-order valence-corrected chi connectivity index (χ1v) is 23.0. The van der Waals surface area contributed by atoms with Crippen LogP contribution in [0.3, 0.4) is 0 Å². The molecule has 0 aromatic rings. The lowest BCUT2D eigenvalue weighted by Crippen LogP contribution is -2.30. The Kier molecular flexibility index (Phi) is 40.9. The molecule has 6 nitrogen and oxygen atoms in total. The van der Waals surface area contributed by atoms with E-state index in [-0.39, 0.29) is 31.1 Å². The second kappa shape index (κ2) is 42.2. The zero-order valence-electron chi connectivity index (χ0n) is 35.1. The Labute approximate surface area is 323 Å². The molecule has 1 atom stereocenters. The van der Waals surface area contributed by atoms with Gasteiger partial charge in [0, 0.05) is 19.3 Å². The quantitative estimate of drug-likeness (QED) is 0.0353. The molecule has 0 saturated carbocycles. The monoisotopic (exact) mass is 737 g/mol. The summed E-state index contributed by atoms with van der Waals surface area (Å²) in [5.41, 5.74) is 0. The average Bonchev–Trinajstić information content (AvgIpc) is 3.14. The SMILES string of the molecule is CCCCCCCCCCCCCCCCCC(=O)O[C@H](COC(=O)CCCCCCCCC)COC(=O)CCCCCCCCCCCCCC. The van der Waals surface area contributed by atoms with Gasteiger partial charge < -0.3 is 14.2 Å². The Morgan fingerprint density at radius 1 is 0.308 bits per heavy atom. The van der Waals surface area contributed by atoms with Crippen molar-refractivity contribution in [3.8, 4) is 0 Å². The molecule has 0 heterocycles. The van der Waals surface area contributed by atoms with Crippen molar-refractivity contribution >= 4 is 17.9 Å². The Balaban J connectivity index is 4.25. The van der Waals surface area contributed by atoms with Crippen molar-refractivity contribution in [1.82, 2.24) is 0 Å². The van der Waals surface area contributed by atoms with Crippen LogP contribution in [0.2, 0.25) is 0 Å². The summed E-state index contributed by atoms with van der Waals surface area (Å²) in [6.45, 7) is 6.61. The second-order valence-electron chi connectivity index (χ2n) is 15.7. The number of hydrogen-bond donors (Lipinski definition) is 0. The molecule has 0 aliphatic carbocycles. The van der Waals surface area contributed by atoms with Crippen LogP contribution in [0.5, 0.6) is 0 Å². The number of rotatable bonds is 42. The van der Waals surface area contributed by atoms with Crippen molar-refractivity contribution in [2.75, 3.05) is 13.2 Å². The Bertz CT molecular complexity index is 768. The second-order valence-corrected chi connectivity index (χ2v) is 15.7. The van der Waals surface area contributed by atoms with E-state index >= 15 is 0 Å². The van der Waals surface area contributed by atoms with Crippen molar-refractivity contribution in [1.29, 1.82) is 0 Å². The lowest BCUT2D eigenvalue weighted by molar-refractivity contribution is -0.167. The number of carbonyl (C=O) groups is 3. The molecule has 0 N–H and O–H groups in total. The minimum absolute atomic E-state index is 0.0631. The smallest absolute Gasteiger partial charge is 0.306 e. The number of esters is 3. The third-order valence-electron chi connectivity index (χ3n) is 10.4. The van der Waals surface area contributed by atoms with Gasteiger partial charge in [0.1, 0.15) is 13.2 Å². The van der Waals surface area contributed by atoms with Gasteiger partial charge in [0.15, 0.2) is 6.10 Å². The molecule has 6 heteroatoms. The third kappa shape index (κ3) is 39.6. The molecule has 0 rings (SSSR count). The van der Waals surface area contributed by atoms with Gasteiger partial charge in [-0.05, 0) is 19.3 Å². The summed E-state index contributed by atoms with van der Waals surface area (Å²) in [5.74, 6) is -0.857. The molecule has 0 saturated heterocycles. The van der Waals surface area contributed by atoms with E-state index in [1.54, 1.807) is 0 Å². The van der Waals surface area contributed by atoms with Crippen molar-refractivity contribution in [3.05, 3.63) is 0 Å². The van der Waals surface area contributed by atoms with Crippen LogP contribution < -0.4 is 0 Å². The molecular formula is C46H88O6. The van der Waals surface area contributed by atoms with E-state index in [0.29, 0.717) is 19.3 Å². The minimum Gasteiger partial charge on any atom is -0.462 e. The lowest BCUT2D eigenvalue weighted by atomic mass is 10.0. The Morgan fingerprint density at radius 2 is 0.519 bits per heavy atom. The van der Waals surface area contributed by atoms with Gasteiger partial charge in [0.2, 0.25) is 0 Å². The van der Waals surface area contributed by atoms with Gasteiger partial charge in [-0.3, -0.25) is 14.4 Å². The van der Waals surface area contributed by atoms with Crippen molar-refractivity contribution in [2.45, 2.75) is 264 Å². The summed E-state index contributed by atoms with van der Waals surface area (Å²) >= 11 is 0. The van der Waals surface area contributed by atoms with Gasteiger partial charge in [0.25, 0.3) is 0 Å². The standard InChI is InChI=1S/C46H88O6/c1-4-7-10-13-16-18-20-22-23-24-26-28-31-34-37-40-46(49)52-43(41-50-44(47)38-35-32-29-15-12-9-6-3)42-51-45(48)39-36-33-30-27-25-21-19-17-14-11-8-5-2/h43H,4-42H2,1-3H3/t43-/m1/s1. The van der Waals surface area contributed by atoms with E-state index in [4.69, 9.17) is 14.2 Å². The molecule has 0 spiro atoms. The number of unbranched alkanes of at least 4 members (excludes halogenated alkanes) is 31. The molecule has 0 aliphatic heterocycles. The molecule has 0 aromatic heterocycles. The number of hydrogen-bond acceptors (Lipinski definition) is 6. The molecule has 0 aliphatic rings. The minimum atomic E-state index is -0.757. The van der Waals surface area contributed by atoms with E-state index < -0.39 is 6.10 Å². The molecule has 0 bridgehead atoms. The molecule has 0 radical (unpaired) electrons. The highest BCUT2D eigenvalue weighted by atomic mass is 16.6. The van der Waals surface area contributed by atoms with Gasteiger partial charge in [-0.2, -0.15) is 0 Å². The van der Waals surface area contributed by atoms with Crippen LogP contribution in [-0.4, -0.2) is 37.2 Å². The van der Waals surface area contributed by atoms with Gasteiger partial charge in [-0.1, -0.05) is 220 Å². The molecular weight excluding hydrogens is 648 g/mol. The first-order chi connectivity index (χ1) is 25.5. The topological polar surface area (TPSA) is 78.9 Å². The maximum atomic E-state index is 12.7. The van der Waals surface area contributed by atoms with E-state index in [1.807, 2.05) is 0 Å². The first kappa shape index (κ1) is 50.4. The predicted molar refractivity (Wildman–Crippen MR) is 220 cm³/mol. The Morgan fingerprint density at radius 3 is 0.769 bits per heavy atom. The maximum Gasteiger partial charge on any atom is 0.306 e. The summed E-state index contributed by atoms with van der Waals surface area (Å²) in [5, 5.41) is 0. The highest BCUT2D eigenvalue weighted by molar-refractivity contribution is 5.71. The van der Waals surface area contributed by atoms with E-state index in [0.717, 1.165) is 57.8 Å². The maximum absolute atomic E-state index is 12.7. The van der Waals surface area contributed by atoms with Crippen molar-refractivity contribution < 1.29 is 28.6 Å². The summed E-state index contributed by atoms with van der Waals surface area (Å²) in [4.78, 5) is 37.6. The van der Waals surface area contributed by atoms with Crippen LogP contribution in [0.4, 0.5) is 0 Å². The van der Waals surface area contributed by atoms with Crippen molar-refractivity contribution in [2.24, 2.45) is 0 Å². The van der Waals surface area contributed by atoms with Crippen LogP contribution in [0.15, 0.2) is 0 Å².